The normalized spacial score (nSPS) is 14.1. The van der Waals surface area contributed by atoms with Gasteiger partial charge in [0.05, 0.1) is 6.04 Å². The van der Waals surface area contributed by atoms with Gasteiger partial charge in [0.1, 0.15) is 13.2 Å². The highest BCUT2D eigenvalue weighted by Gasteiger charge is 2.17. The van der Waals surface area contributed by atoms with Gasteiger partial charge >= 0.3 is 6.03 Å². The van der Waals surface area contributed by atoms with Gasteiger partial charge in [-0.3, -0.25) is 0 Å². The van der Waals surface area contributed by atoms with E-state index in [4.69, 9.17) is 9.47 Å². The minimum Gasteiger partial charge on any atom is -0.486 e. The minimum absolute atomic E-state index is 0.0616. The second kappa shape index (κ2) is 7.57. The Hall–Kier alpha value is -2.21. The number of rotatable bonds is 5. The molecule has 2 amide bonds. The van der Waals surface area contributed by atoms with Crippen molar-refractivity contribution in [3.63, 3.8) is 0 Å². The molecule has 1 aliphatic heterocycles. The first-order chi connectivity index (χ1) is 11.6. The molecule has 3 rings (SSSR count). The standard InChI is InChI=1S/C18H22N2O3S/c1-13(17-4-3-11-24-17)20(2)18(21)19-8-7-14-5-6-15-16(12-14)23-10-9-22-15/h3-6,11-13H,7-10H2,1-2H3,(H,19,21)/t13-/m0/s1. The summed E-state index contributed by atoms with van der Waals surface area (Å²) in [4.78, 5) is 15.2. The van der Waals surface area contributed by atoms with Gasteiger partial charge < -0.3 is 19.7 Å². The van der Waals surface area contributed by atoms with Gasteiger partial charge in [0, 0.05) is 18.5 Å². The third kappa shape index (κ3) is 3.82. The number of nitrogens with one attached hydrogen (secondary N) is 1. The molecular weight excluding hydrogens is 324 g/mol. The lowest BCUT2D eigenvalue weighted by atomic mass is 10.1. The first kappa shape index (κ1) is 16.6. The van der Waals surface area contributed by atoms with Crippen molar-refractivity contribution >= 4 is 17.4 Å². The van der Waals surface area contributed by atoms with Crippen molar-refractivity contribution in [1.82, 2.24) is 10.2 Å². The van der Waals surface area contributed by atoms with Crippen LogP contribution >= 0.6 is 11.3 Å². The maximum absolute atomic E-state index is 12.3. The molecule has 1 atom stereocenters. The molecule has 24 heavy (non-hydrogen) atoms. The monoisotopic (exact) mass is 346 g/mol. The van der Waals surface area contributed by atoms with Gasteiger partial charge in [0.15, 0.2) is 11.5 Å². The smallest absolute Gasteiger partial charge is 0.317 e. The van der Waals surface area contributed by atoms with Gasteiger partial charge in [-0.1, -0.05) is 12.1 Å². The molecule has 1 aromatic carbocycles. The fourth-order valence-electron chi connectivity index (χ4n) is 2.58. The van der Waals surface area contributed by atoms with Crippen LogP contribution in [0.3, 0.4) is 0 Å². The first-order valence-corrected chi connectivity index (χ1v) is 8.95. The number of nitrogens with zero attached hydrogens (tertiary/aromatic N) is 1. The van der Waals surface area contributed by atoms with Crippen LogP contribution in [0.2, 0.25) is 0 Å². The van der Waals surface area contributed by atoms with Gasteiger partial charge in [-0.15, -0.1) is 11.3 Å². The van der Waals surface area contributed by atoms with Gasteiger partial charge in [0.25, 0.3) is 0 Å². The Morgan fingerprint density at radius 3 is 2.83 bits per heavy atom. The summed E-state index contributed by atoms with van der Waals surface area (Å²) in [5, 5.41) is 5.00. The topological polar surface area (TPSA) is 50.8 Å². The number of hydrogen-bond acceptors (Lipinski definition) is 4. The molecule has 0 saturated heterocycles. The number of thiophene rings is 1. The van der Waals surface area contributed by atoms with Gasteiger partial charge in [0.2, 0.25) is 0 Å². The highest BCUT2D eigenvalue weighted by molar-refractivity contribution is 7.10. The van der Waals surface area contributed by atoms with Gasteiger partial charge in [-0.05, 0) is 42.5 Å². The van der Waals surface area contributed by atoms with E-state index in [0.29, 0.717) is 19.8 Å². The Labute approximate surface area is 146 Å². The van der Waals surface area contributed by atoms with E-state index >= 15 is 0 Å². The van der Waals surface area contributed by atoms with Crippen LogP contribution in [0.5, 0.6) is 11.5 Å². The number of carbonyl (C=O) groups is 1. The lowest BCUT2D eigenvalue weighted by molar-refractivity contribution is 0.171. The maximum atomic E-state index is 12.3. The molecule has 1 N–H and O–H groups in total. The van der Waals surface area contributed by atoms with E-state index < -0.39 is 0 Å². The zero-order chi connectivity index (χ0) is 16.9. The first-order valence-electron chi connectivity index (χ1n) is 8.08. The van der Waals surface area contributed by atoms with Crippen LogP contribution in [-0.2, 0) is 6.42 Å². The van der Waals surface area contributed by atoms with E-state index in [1.165, 1.54) is 4.88 Å². The third-order valence-electron chi connectivity index (χ3n) is 4.15. The zero-order valence-electron chi connectivity index (χ0n) is 14.0. The summed E-state index contributed by atoms with van der Waals surface area (Å²) in [7, 11) is 1.82. The molecule has 5 nitrogen and oxygen atoms in total. The summed E-state index contributed by atoms with van der Waals surface area (Å²) < 4.78 is 11.1. The highest BCUT2D eigenvalue weighted by Crippen LogP contribution is 2.30. The zero-order valence-corrected chi connectivity index (χ0v) is 14.8. The molecule has 0 radical (unpaired) electrons. The molecule has 0 aliphatic carbocycles. The van der Waals surface area contributed by atoms with E-state index in [1.54, 1.807) is 16.2 Å². The Kier molecular flexibility index (Phi) is 5.25. The van der Waals surface area contributed by atoms with E-state index in [0.717, 1.165) is 23.5 Å². The molecule has 0 unspecified atom stereocenters. The van der Waals surface area contributed by atoms with Crippen molar-refractivity contribution in [3.05, 3.63) is 46.2 Å². The van der Waals surface area contributed by atoms with Crippen LogP contribution in [0, 0.1) is 0 Å². The fourth-order valence-corrected chi connectivity index (χ4v) is 3.40. The van der Waals surface area contributed by atoms with E-state index in [1.807, 2.05) is 49.7 Å². The number of benzene rings is 1. The lowest BCUT2D eigenvalue weighted by Crippen LogP contribution is -2.39. The van der Waals surface area contributed by atoms with Crippen LogP contribution in [-0.4, -0.2) is 37.7 Å². The number of urea groups is 1. The molecule has 0 bridgehead atoms. The van der Waals surface area contributed by atoms with Crippen molar-refractivity contribution in [2.24, 2.45) is 0 Å². The largest absolute Gasteiger partial charge is 0.486 e. The van der Waals surface area contributed by atoms with Crippen LogP contribution in [0.4, 0.5) is 4.79 Å². The van der Waals surface area contributed by atoms with Crippen molar-refractivity contribution < 1.29 is 14.3 Å². The Bertz CT molecular complexity index is 688. The molecule has 6 heteroatoms. The minimum atomic E-state index is -0.0616. The summed E-state index contributed by atoms with van der Waals surface area (Å²) in [5.41, 5.74) is 1.12. The number of amides is 2. The van der Waals surface area contributed by atoms with Gasteiger partial charge in [-0.25, -0.2) is 4.79 Å². The van der Waals surface area contributed by atoms with Gasteiger partial charge in [-0.2, -0.15) is 0 Å². The molecule has 128 valence electrons. The van der Waals surface area contributed by atoms with Crippen LogP contribution < -0.4 is 14.8 Å². The number of fused-ring (bicyclic) bond motifs is 1. The van der Waals surface area contributed by atoms with Crippen molar-refractivity contribution in [2.75, 3.05) is 26.8 Å². The molecule has 1 aliphatic rings. The summed E-state index contributed by atoms with van der Waals surface area (Å²) in [6, 6.07) is 9.98. The Morgan fingerprint density at radius 2 is 2.08 bits per heavy atom. The molecular formula is C18H22N2O3S. The summed E-state index contributed by atoms with van der Waals surface area (Å²) in [5.74, 6) is 1.58. The Balaban J connectivity index is 1.50. The van der Waals surface area contributed by atoms with Crippen molar-refractivity contribution in [1.29, 1.82) is 0 Å². The van der Waals surface area contributed by atoms with E-state index in [-0.39, 0.29) is 12.1 Å². The Morgan fingerprint density at radius 1 is 1.29 bits per heavy atom. The van der Waals surface area contributed by atoms with Crippen molar-refractivity contribution in [3.8, 4) is 11.5 Å². The predicted octanol–water partition coefficient (Wildman–Crippen LogP) is 3.46. The molecule has 0 spiro atoms. The maximum Gasteiger partial charge on any atom is 0.317 e. The summed E-state index contributed by atoms with van der Waals surface area (Å²) in [6.45, 7) is 3.79. The number of ether oxygens (including phenoxy) is 2. The molecule has 1 aromatic heterocycles. The van der Waals surface area contributed by atoms with Crippen LogP contribution in [0.15, 0.2) is 35.7 Å². The molecule has 2 aromatic rings. The predicted molar refractivity (Wildman–Crippen MR) is 95.0 cm³/mol. The molecule has 0 saturated carbocycles. The highest BCUT2D eigenvalue weighted by atomic mass is 32.1. The second-order valence-electron chi connectivity index (χ2n) is 5.76. The van der Waals surface area contributed by atoms with Crippen LogP contribution in [0.1, 0.15) is 23.4 Å². The van der Waals surface area contributed by atoms with Crippen molar-refractivity contribution in [2.45, 2.75) is 19.4 Å². The SMILES string of the molecule is C[C@@H](c1cccs1)N(C)C(=O)NCCc1ccc2c(c1)OCCO2. The second-order valence-corrected chi connectivity index (χ2v) is 6.74. The lowest BCUT2D eigenvalue weighted by Gasteiger charge is -2.24. The quantitative estimate of drug-likeness (QED) is 0.902. The van der Waals surface area contributed by atoms with E-state index in [9.17, 15) is 4.79 Å². The average Bonchev–Trinajstić information content (AvgIpc) is 3.15. The summed E-state index contributed by atoms with van der Waals surface area (Å²) in [6.07, 6.45) is 0.754. The molecule has 0 fully saturated rings. The number of hydrogen-bond donors (Lipinski definition) is 1. The summed E-state index contributed by atoms with van der Waals surface area (Å²) >= 11 is 1.66. The fraction of sp³-hybridized carbons (Fsp3) is 0.389. The average molecular weight is 346 g/mol. The third-order valence-corrected chi connectivity index (χ3v) is 5.20. The van der Waals surface area contributed by atoms with Crippen LogP contribution in [0.25, 0.3) is 0 Å². The van der Waals surface area contributed by atoms with E-state index in [2.05, 4.69) is 5.32 Å². The number of carbonyl (C=O) groups excluding carboxylic acids is 1. The molecule has 2 heterocycles.